The van der Waals surface area contributed by atoms with Crippen molar-refractivity contribution in [3.63, 3.8) is 0 Å². The molecule has 3 aromatic rings. The van der Waals surface area contributed by atoms with Crippen molar-refractivity contribution < 1.29 is 4.79 Å². The molecule has 0 N–H and O–H groups in total. The first-order valence-corrected chi connectivity index (χ1v) is 7.27. The number of rotatable bonds is 1. The number of hydrogen-bond donors (Lipinski definition) is 0. The Morgan fingerprint density at radius 1 is 1.18 bits per heavy atom. The van der Waals surface area contributed by atoms with Gasteiger partial charge in [-0.05, 0) is 30.5 Å². The van der Waals surface area contributed by atoms with Crippen molar-refractivity contribution in [1.82, 2.24) is 24.5 Å². The highest BCUT2D eigenvalue weighted by Gasteiger charge is 2.25. The molecule has 0 bridgehead atoms. The van der Waals surface area contributed by atoms with Gasteiger partial charge in [0, 0.05) is 25.0 Å². The van der Waals surface area contributed by atoms with Crippen molar-refractivity contribution in [3.05, 3.63) is 59.2 Å². The summed E-state index contributed by atoms with van der Waals surface area (Å²) < 4.78 is 1.60. The third kappa shape index (κ3) is 2.04. The van der Waals surface area contributed by atoms with Crippen molar-refractivity contribution in [2.45, 2.75) is 19.9 Å². The second kappa shape index (κ2) is 4.91. The average Bonchev–Trinajstić information content (AvgIpc) is 2.99. The van der Waals surface area contributed by atoms with Gasteiger partial charge < -0.3 is 4.90 Å². The van der Waals surface area contributed by atoms with Gasteiger partial charge in [-0.2, -0.15) is 4.98 Å². The summed E-state index contributed by atoms with van der Waals surface area (Å²) >= 11 is 0. The summed E-state index contributed by atoms with van der Waals surface area (Å²) in [6.45, 7) is 3.21. The van der Waals surface area contributed by atoms with E-state index in [9.17, 15) is 4.79 Å². The van der Waals surface area contributed by atoms with E-state index in [4.69, 9.17) is 0 Å². The maximum absolute atomic E-state index is 12.7. The summed E-state index contributed by atoms with van der Waals surface area (Å²) in [4.78, 5) is 22.8. The number of nitrogens with zero attached hydrogens (tertiary/aromatic N) is 5. The summed E-state index contributed by atoms with van der Waals surface area (Å²) in [5.41, 5.74) is 3.41. The molecule has 1 amide bonds. The Kier molecular flexibility index (Phi) is 2.89. The highest BCUT2D eigenvalue weighted by Crippen LogP contribution is 2.19. The van der Waals surface area contributed by atoms with Gasteiger partial charge in [-0.15, -0.1) is 5.10 Å². The van der Waals surface area contributed by atoms with Gasteiger partial charge in [-0.1, -0.05) is 24.3 Å². The predicted molar refractivity (Wildman–Crippen MR) is 80.4 cm³/mol. The van der Waals surface area contributed by atoms with Gasteiger partial charge in [0.2, 0.25) is 5.82 Å². The second-order valence-corrected chi connectivity index (χ2v) is 5.48. The molecule has 0 saturated carbocycles. The minimum absolute atomic E-state index is 0.139. The van der Waals surface area contributed by atoms with E-state index in [1.807, 2.05) is 25.1 Å². The Balaban J connectivity index is 1.65. The monoisotopic (exact) mass is 293 g/mol. The molecule has 2 aromatic heterocycles. The first-order chi connectivity index (χ1) is 10.7. The lowest BCUT2D eigenvalue weighted by Crippen LogP contribution is -2.36. The topological polar surface area (TPSA) is 63.4 Å². The third-order valence-electron chi connectivity index (χ3n) is 4.04. The average molecular weight is 293 g/mol. The Morgan fingerprint density at radius 2 is 2.00 bits per heavy atom. The maximum Gasteiger partial charge on any atom is 0.293 e. The highest BCUT2D eigenvalue weighted by atomic mass is 16.2. The summed E-state index contributed by atoms with van der Waals surface area (Å²) in [5.74, 6) is 0.529. The molecular weight excluding hydrogens is 278 g/mol. The molecule has 110 valence electrons. The molecule has 1 aliphatic heterocycles. The molecule has 0 unspecified atom stereocenters. The van der Waals surface area contributed by atoms with Gasteiger partial charge in [0.1, 0.15) is 0 Å². The number of benzene rings is 1. The zero-order valence-corrected chi connectivity index (χ0v) is 12.2. The molecule has 0 atom stereocenters. The molecule has 1 aliphatic rings. The van der Waals surface area contributed by atoms with Crippen LogP contribution in [0, 0.1) is 6.92 Å². The van der Waals surface area contributed by atoms with Crippen LogP contribution in [0.15, 0.2) is 36.5 Å². The van der Waals surface area contributed by atoms with E-state index in [-0.39, 0.29) is 11.7 Å². The number of hydrogen-bond acceptors (Lipinski definition) is 4. The molecule has 3 heterocycles. The quantitative estimate of drug-likeness (QED) is 0.684. The van der Waals surface area contributed by atoms with Gasteiger partial charge in [-0.3, -0.25) is 4.79 Å². The van der Waals surface area contributed by atoms with Gasteiger partial charge in [0.25, 0.3) is 11.7 Å². The SMILES string of the molecule is Cc1ccnc2nc(C(=O)N3CCc4ccccc4C3)nn12. The Hall–Kier alpha value is -2.76. The fourth-order valence-corrected chi connectivity index (χ4v) is 2.81. The third-order valence-corrected chi connectivity index (χ3v) is 4.04. The van der Waals surface area contributed by atoms with E-state index in [1.54, 1.807) is 15.6 Å². The molecule has 0 radical (unpaired) electrons. The minimum Gasteiger partial charge on any atom is -0.331 e. The van der Waals surface area contributed by atoms with Crippen molar-refractivity contribution in [3.8, 4) is 0 Å². The summed E-state index contributed by atoms with van der Waals surface area (Å²) in [6.07, 6.45) is 2.54. The first-order valence-electron chi connectivity index (χ1n) is 7.27. The summed E-state index contributed by atoms with van der Waals surface area (Å²) in [6, 6.07) is 10.1. The van der Waals surface area contributed by atoms with E-state index in [2.05, 4.69) is 27.2 Å². The molecule has 0 spiro atoms. The van der Waals surface area contributed by atoms with Crippen LogP contribution in [-0.2, 0) is 13.0 Å². The van der Waals surface area contributed by atoms with Crippen LogP contribution < -0.4 is 0 Å². The first kappa shape index (κ1) is 12.9. The van der Waals surface area contributed by atoms with Gasteiger partial charge in [-0.25, -0.2) is 9.50 Å². The van der Waals surface area contributed by atoms with Crippen LogP contribution >= 0.6 is 0 Å². The molecular formula is C16H15N5O. The summed E-state index contributed by atoms with van der Waals surface area (Å²) in [7, 11) is 0. The maximum atomic E-state index is 12.7. The standard InChI is InChI=1S/C16H15N5O/c1-11-6-8-17-16-18-14(19-21(11)16)15(22)20-9-7-12-4-2-3-5-13(12)10-20/h2-6,8H,7,9-10H2,1H3. The Labute approximate surface area is 127 Å². The molecule has 0 fully saturated rings. The minimum atomic E-state index is -0.139. The van der Waals surface area contributed by atoms with Crippen molar-refractivity contribution in [2.75, 3.05) is 6.54 Å². The van der Waals surface area contributed by atoms with Crippen LogP contribution in [0.1, 0.15) is 27.4 Å². The molecule has 4 rings (SSSR count). The van der Waals surface area contributed by atoms with Gasteiger partial charge >= 0.3 is 0 Å². The molecule has 6 nitrogen and oxygen atoms in total. The lowest BCUT2D eigenvalue weighted by Gasteiger charge is -2.27. The van der Waals surface area contributed by atoms with E-state index < -0.39 is 0 Å². The smallest absolute Gasteiger partial charge is 0.293 e. The lowest BCUT2D eigenvalue weighted by atomic mass is 10.00. The van der Waals surface area contributed by atoms with E-state index in [1.165, 1.54) is 11.1 Å². The molecule has 0 aliphatic carbocycles. The molecule has 6 heteroatoms. The number of amides is 1. The van der Waals surface area contributed by atoms with Gasteiger partial charge in [0.15, 0.2) is 0 Å². The van der Waals surface area contributed by atoms with E-state index in [0.29, 0.717) is 18.9 Å². The zero-order chi connectivity index (χ0) is 15.1. The van der Waals surface area contributed by atoms with Gasteiger partial charge in [0.05, 0.1) is 0 Å². The predicted octanol–water partition coefficient (Wildman–Crippen LogP) is 1.63. The van der Waals surface area contributed by atoms with Crippen molar-refractivity contribution in [2.24, 2.45) is 0 Å². The number of aromatic nitrogens is 4. The fourth-order valence-electron chi connectivity index (χ4n) is 2.81. The highest BCUT2D eigenvalue weighted by molar-refractivity contribution is 5.91. The fraction of sp³-hybridized carbons (Fsp3) is 0.250. The zero-order valence-electron chi connectivity index (χ0n) is 12.2. The van der Waals surface area contributed by atoms with Crippen molar-refractivity contribution in [1.29, 1.82) is 0 Å². The van der Waals surface area contributed by atoms with Crippen LogP contribution in [0.4, 0.5) is 0 Å². The number of fused-ring (bicyclic) bond motifs is 2. The van der Waals surface area contributed by atoms with Crippen LogP contribution in [0.2, 0.25) is 0 Å². The summed E-state index contributed by atoms with van der Waals surface area (Å²) in [5, 5.41) is 4.30. The molecule has 0 saturated heterocycles. The number of carbonyl (C=O) groups excluding carboxylic acids is 1. The second-order valence-electron chi connectivity index (χ2n) is 5.48. The lowest BCUT2D eigenvalue weighted by molar-refractivity contribution is 0.0722. The number of aryl methyl sites for hydroxylation is 1. The van der Waals surface area contributed by atoms with Crippen LogP contribution in [0.25, 0.3) is 5.78 Å². The Bertz CT molecular complexity index is 870. The molecule has 1 aromatic carbocycles. The van der Waals surface area contributed by atoms with Crippen molar-refractivity contribution >= 4 is 11.7 Å². The Morgan fingerprint density at radius 3 is 2.82 bits per heavy atom. The molecule has 22 heavy (non-hydrogen) atoms. The van der Waals surface area contributed by atoms with Crippen LogP contribution in [0.3, 0.4) is 0 Å². The van der Waals surface area contributed by atoms with Crippen LogP contribution in [-0.4, -0.2) is 36.9 Å². The normalized spacial score (nSPS) is 14.1. The van der Waals surface area contributed by atoms with Crippen LogP contribution in [0.5, 0.6) is 0 Å². The number of carbonyl (C=O) groups is 1. The largest absolute Gasteiger partial charge is 0.331 e. The van der Waals surface area contributed by atoms with E-state index >= 15 is 0 Å². The van der Waals surface area contributed by atoms with E-state index in [0.717, 1.165) is 12.1 Å².